The van der Waals surface area contributed by atoms with Crippen LogP contribution in [-0.4, -0.2) is 11.4 Å². The SMILES string of the molecule is C.C=O.CCn1c2ccc(C)cc2c2ccc(-c3cc(C)cs3)cc21. The fourth-order valence-corrected chi connectivity index (χ4v) is 4.19. The summed E-state index contributed by atoms with van der Waals surface area (Å²) >= 11 is 1.82. The number of hydrogen-bond acceptors (Lipinski definition) is 2. The van der Waals surface area contributed by atoms with Crippen molar-refractivity contribution < 1.29 is 4.79 Å². The van der Waals surface area contributed by atoms with E-state index in [9.17, 15) is 0 Å². The van der Waals surface area contributed by atoms with Gasteiger partial charge < -0.3 is 9.36 Å². The average Bonchev–Trinajstić information content (AvgIpc) is 3.17. The van der Waals surface area contributed by atoms with Crippen LogP contribution < -0.4 is 0 Å². The molecule has 2 aromatic heterocycles. The molecule has 4 rings (SSSR count). The molecule has 0 amide bonds. The van der Waals surface area contributed by atoms with Crippen molar-refractivity contribution in [2.45, 2.75) is 34.7 Å². The Morgan fingerprint density at radius 2 is 1.68 bits per heavy atom. The molecule has 2 aromatic carbocycles. The first-order valence-electron chi connectivity index (χ1n) is 8.04. The first kappa shape index (κ1) is 18.9. The zero-order valence-electron chi connectivity index (χ0n) is 14.3. The third-order valence-corrected chi connectivity index (χ3v) is 5.45. The quantitative estimate of drug-likeness (QED) is 0.398. The molecule has 0 saturated heterocycles. The van der Waals surface area contributed by atoms with Crippen LogP contribution in [0.5, 0.6) is 0 Å². The molecule has 0 atom stereocenters. The monoisotopic (exact) mass is 351 g/mol. The summed E-state index contributed by atoms with van der Waals surface area (Å²) in [5.74, 6) is 0. The molecule has 2 heterocycles. The smallest absolute Gasteiger partial charge is 0.106 e. The lowest BCUT2D eigenvalue weighted by Gasteiger charge is -2.04. The second-order valence-electron chi connectivity index (χ2n) is 5.99. The number of fused-ring (bicyclic) bond motifs is 3. The standard InChI is InChI=1S/C20H19NS.CH2O.CH4/c1-4-21-18-8-5-13(2)9-17(18)16-7-6-15(11-19(16)21)20-10-14(3)12-22-20;1-2;/h5-12H,4H2,1-3H3;1H2;1H4. The van der Waals surface area contributed by atoms with Crippen molar-refractivity contribution in [3.05, 3.63) is 59.0 Å². The van der Waals surface area contributed by atoms with Crippen molar-refractivity contribution in [3.8, 4) is 10.4 Å². The Balaban J connectivity index is 0.000000726. The zero-order chi connectivity index (χ0) is 17.3. The molecule has 0 fully saturated rings. The van der Waals surface area contributed by atoms with Gasteiger partial charge in [0, 0.05) is 33.2 Å². The van der Waals surface area contributed by atoms with Crippen LogP contribution >= 0.6 is 11.3 Å². The highest BCUT2D eigenvalue weighted by Crippen LogP contribution is 2.34. The summed E-state index contributed by atoms with van der Waals surface area (Å²) in [4.78, 5) is 9.35. The second-order valence-corrected chi connectivity index (χ2v) is 6.90. The number of hydrogen-bond donors (Lipinski definition) is 0. The van der Waals surface area contributed by atoms with E-state index in [1.54, 1.807) is 0 Å². The third kappa shape index (κ3) is 3.24. The van der Waals surface area contributed by atoms with E-state index in [4.69, 9.17) is 4.79 Å². The Bertz CT molecular complexity index is 1010. The molecule has 130 valence electrons. The largest absolute Gasteiger partial charge is 0.341 e. The molecule has 0 aliphatic rings. The summed E-state index contributed by atoms with van der Waals surface area (Å²) < 4.78 is 2.42. The van der Waals surface area contributed by atoms with Crippen LogP contribution in [0.3, 0.4) is 0 Å². The molecule has 2 nitrogen and oxygen atoms in total. The molecule has 3 heteroatoms. The van der Waals surface area contributed by atoms with Gasteiger partial charge in [0.2, 0.25) is 0 Å². The molecule has 0 aliphatic carbocycles. The van der Waals surface area contributed by atoms with Gasteiger partial charge in [0.1, 0.15) is 6.79 Å². The van der Waals surface area contributed by atoms with E-state index in [1.807, 2.05) is 18.1 Å². The van der Waals surface area contributed by atoms with Gasteiger partial charge in [0.05, 0.1) is 0 Å². The van der Waals surface area contributed by atoms with Crippen LogP contribution in [0, 0.1) is 13.8 Å². The highest BCUT2D eigenvalue weighted by atomic mass is 32.1. The molecule has 0 N–H and O–H groups in total. The minimum absolute atomic E-state index is 0. The van der Waals surface area contributed by atoms with Crippen molar-refractivity contribution in [3.63, 3.8) is 0 Å². The molecule has 0 saturated carbocycles. The highest BCUT2D eigenvalue weighted by Gasteiger charge is 2.11. The van der Waals surface area contributed by atoms with E-state index in [2.05, 4.69) is 73.2 Å². The zero-order valence-corrected chi connectivity index (χ0v) is 15.1. The van der Waals surface area contributed by atoms with Crippen LogP contribution in [0.25, 0.3) is 32.2 Å². The molecule has 0 radical (unpaired) electrons. The van der Waals surface area contributed by atoms with Gasteiger partial charge in [-0.3, -0.25) is 0 Å². The molecule has 0 bridgehead atoms. The molecule has 4 aromatic rings. The number of carbonyl (C=O) groups is 1. The Morgan fingerprint density at radius 1 is 0.920 bits per heavy atom. The van der Waals surface area contributed by atoms with E-state index >= 15 is 0 Å². The summed E-state index contributed by atoms with van der Waals surface area (Å²) in [5.41, 5.74) is 6.65. The van der Waals surface area contributed by atoms with Gasteiger partial charge in [-0.15, -0.1) is 11.3 Å². The van der Waals surface area contributed by atoms with Crippen molar-refractivity contribution in [2.24, 2.45) is 0 Å². The van der Waals surface area contributed by atoms with Gasteiger partial charge in [-0.05, 0) is 61.5 Å². The van der Waals surface area contributed by atoms with Gasteiger partial charge in [0.25, 0.3) is 0 Å². The van der Waals surface area contributed by atoms with Gasteiger partial charge in [-0.2, -0.15) is 0 Å². The first-order valence-corrected chi connectivity index (χ1v) is 8.92. The minimum atomic E-state index is 0. The van der Waals surface area contributed by atoms with Crippen LogP contribution in [0.15, 0.2) is 47.8 Å². The van der Waals surface area contributed by atoms with Crippen LogP contribution in [0.1, 0.15) is 25.5 Å². The lowest BCUT2D eigenvalue weighted by Crippen LogP contribution is -1.92. The van der Waals surface area contributed by atoms with Crippen LogP contribution in [0.4, 0.5) is 0 Å². The Hall–Kier alpha value is -2.39. The summed E-state index contributed by atoms with van der Waals surface area (Å²) in [6.07, 6.45) is 0. The van der Waals surface area contributed by atoms with Crippen molar-refractivity contribution in [1.29, 1.82) is 0 Å². The lowest BCUT2D eigenvalue weighted by molar-refractivity contribution is -0.0979. The van der Waals surface area contributed by atoms with Crippen molar-refractivity contribution in [2.75, 3.05) is 0 Å². The predicted octanol–water partition coefficient (Wildman–Crippen LogP) is 6.61. The van der Waals surface area contributed by atoms with Crippen molar-refractivity contribution >= 4 is 39.9 Å². The van der Waals surface area contributed by atoms with Crippen molar-refractivity contribution in [1.82, 2.24) is 4.57 Å². The summed E-state index contributed by atoms with van der Waals surface area (Å²) in [6, 6.07) is 15.9. The number of nitrogens with zero attached hydrogens (tertiary/aromatic N) is 1. The molecular formula is C22H25NOS. The summed E-state index contributed by atoms with van der Waals surface area (Å²) in [7, 11) is 0. The topological polar surface area (TPSA) is 22.0 Å². The number of thiophene rings is 1. The number of rotatable bonds is 2. The molecule has 25 heavy (non-hydrogen) atoms. The Labute approximate surface area is 153 Å². The van der Waals surface area contributed by atoms with E-state index in [1.165, 1.54) is 43.4 Å². The molecule has 0 unspecified atom stereocenters. The van der Waals surface area contributed by atoms with Gasteiger partial charge in [0.15, 0.2) is 0 Å². The van der Waals surface area contributed by atoms with E-state index < -0.39 is 0 Å². The number of benzene rings is 2. The first-order chi connectivity index (χ1) is 11.7. The average molecular weight is 352 g/mol. The lowest BCUT2D eigenvalue weighted by atomic mass is 10.1. The Morgan fingerprint density at radius 3 is 2.32 bits per heavy atom. The highest BCUT2D eigenvalue weighted by molar-refractivity contribution is 7.13. The number of aryl methyl sites for hydroxylation is 3. The maximum Gasteiger partial charge on any atom is 0.106 e. The Kier molecular flexibility index (Phi) is 5.81. The number of aromatic nitrogens is 1. The maximum absolute atomic E-state index is 8.00. The van der Waals surface area contributed by atoms with Crippen LogP contribution in [-0.2, 0) is 11.3 Å². The summed E-state index contributed by atoms with van der Waals surface area (Å²) in [5, 5.41) is 4.95. The van der Waals surface area contributed by atoms with Gasteiger partial charge >= 0.3 is 0 Å². The minimum Gasteiger partial charge on any atom is -0.341 e. The third-order valence-electron chi connectivity index (χ3n) is 4.35. The van der Waals surface area contributed by atoms with Crippen LogP contribution in [0.2, 0.25) is 0 Å². The molecular weight excluding hydrogens is 326 g/mol. The summed E-state index contributed by atoms with van der Waals surface area (Å²) in [6.45, 7) is 9.54. The van der Waals surface area contributed by atoms with Gasteiger partial charge in [-0.25, -0.2) is 0 Å². The maximum atomic E-state index is 8.00. The number of carbonyl (C=O) groups excluding carboxylic acids is 1. The normalized spacial score (nSPS) is 10.4. The fraction of sp³-hybridized carbons (Fsp3) is 0.227. The van der Waals surface area contributed by atoms with E-state index in [0.717, 1.165) is 6.54 Å². The van der Waals surface area contributed by atoms with E-state index in [-0.39, 0.29) is 7.43 Å². The fourth-order valence-electron chi connectivity index (χ4n) is 3.29. The predicted molar refractivity (Wildman–Crippen MR) is 112 cm³/mol. The van der Waals surface area contributed by atoms with Gasteiger partial charge in [-0.1, -0.05) is 31.2 Å². The molecule has 0 aliphatic heterocycles. The van der Waals surface area contributed by atoms with E-state index in [0.29, 0.717) is 0 Å². The second kappa shape index (κ2) is 7.66. The molecule has 0 spiro atoms.